The minimum absolute atomic E-state index is 0.0261. The Balaban J connectivity index is 1.49. The Morgan fingerprint density at radius 1 is 0.962 bits per heavy atom. The van der Waals surface area contributed by atoms with E-state index in [-0.39, 0.29) is 17.6 Å². The van der Waals surface area contributed by atoms with E-state index >= 15 is 0 Å². The Kier molecular flexibility index (Phi) is 4.36. The maximum absolute atomic E-state index is 13.3. The molecule has 132 valence electrons. The molecule has 0 bridgehead atoms. The molecule has 1 fully saturated rings. The molecule has 0 radical (unpaired) electrons. The van der Waals surface area contributed by atoms with Crippen molar-refractivity contribution in [3.63, 3.8) is 0 Å². The minimum Gasteiger partial charge on any atom is -0.325 e. The molecule has 0 spiro atoms. The standard InChI is InChI=1S/C20H17F2N3O/c21-16-9-8-13(10-17(16)22)23-20(26)19-11-18(24-25-19)15-7-3-5-12-4-1-2-6-14(12)15/h1-10,18-19,24-25H,11H2,(H,23,26). The van der Waals surface area contributed by atoms with Gasteiger partial charge in [-0.25, -0.2) is 19.6 Å². The molecule has 3 aromatic rings. The van der Waals surface area contributed by atoms with Crippen LogP contribution in [0.3, 0.4) is 0 Å². The quantitative estimate of drug-likeness (QED) is 0.674. The molecule has 26 heavy (non-hydrogen) atoms. The largest absolute Gasteiger partial charge is 0.325 e. The van der Waals surface area contributed by atoms with Gasteiger partial charge >= 0.3 is 0 Å². The summed E-state index contributed by atoms with van der Waals surface area (Å²) in [6.07, 6.45) is 0.545. The lowest BCUT2D eigenvalue weighted by Gasteiger charge is -2.13. The van der Waals surface area contributed by atoms with Crippen molar-refractivity contribution in [3.8, 4) is 0 Å². The summed E-state index contributed by atoms with van der Waals surface area (Å²) < 4.78 is 26.3. The number of anilines is 1. The van der Waals surface area contributed by atoms with Crippen molar-refractivity contribution in [1.29, 1.82) is 0 Å². The molecule has 3 aromatic carbocycles. The van der Waals surface area contributed by atoms with Gasteiger partial charge in [0.15, 0.2) is 11.6 Å². The van der Waals surface area contributed by atoms with Gasteiger partial charge in [0.05, 0.1) is 0 Å². The fourth-order valence-electron chi connectivity index (χ4n) is 3.29. The molecule has 2 unspecified atom stereocenters. The second-order valence-corrected chi connectivity index (χ2v) is 6.32. The van der Waals surface area contributed by atoms with Gasteiger partial charge in [-0.3, -0.25) is 4.79 Å². The Hall–Kier alpha value is -2.83. The van der Waals surface area contributed by atoms with Crippen molar-refractivity contribution in [2.24, 2.45) is 0 Å². The molecule has 3 N–H and O–H groups in total. The Labute approximate surface area is 149 Å². The predicted molar refractivity (Wildman–Crippen MR) is 96.4 cm³/mol. The molecule has 1 aliphatic heterocycles. The van der Waals surface area contributed by atoms with Gasteiger partial charge in [0.1, 0.15) is 6.04 Å². The maximum Gasteiger partial charge on any atom is 0.242 e. The highest BCUT2D eigenvalue weighted by atomic mass is 19.2. The number of benzene rings is 3. The highest BCUT2D eigenvalue weighted by Gasteiger charge is 2.31. The van der Waals surface area contributed by atoms with Crippen LogP contribution in [-0.2, 0) is 4.79 Å². The SMILES string of the molecule is O=C(Nc1ccc(F)c(F)c1)C1CC(c2cccc3ccccc23)NN1. The van der Waals surface area contributed by atoms with E-state index in [0.717, 1.165) is 28.5 Å². The number of nitrogens with one attached hydrogen (secondary N) is 3. The fraction of sp³-hybridized carbons (Fsp3) is 0.150. The zero-order chi connectivity index (χ0) is 18.1. The summed E-state index contributed by atoms with van der Waals surface area (Å²) in [7, 11) is 0. The van der Waals surface area contributed by atoms with E-state index in [1.807, 2.05) is 24.3 Å². The summed E-state index contributed by atoms with van der Waals surface area (Å²) >= 11 is 0. The van der Waals surface area contributed by atoms with E-state index in [0.29, 0.717) is 6.42 Å². The molecule has 0 aliphatic carbocycles. The average molecular weight is 353 g/mol. The highest BCUT2D eigenvalue weighted by molar-refractivity contribution is 5.95. The molecule has 0 aromatic heterocycles. The first-order chi connectivity index (χ1) is 12.6. The smallest absolute Gasteiger partial charge is 0.242 e. The van der Waals surface area contributed by atoms with Crippen LogP contribution in [0.5, 0.6) is 0 Å². The van der Waals surface area contributed by atoms with Crippen LogP contribution < -0.4 is 16.2 Å². The van der Waals surface area contributed by atoms with Gasteiger partial charge in [0, 0.05) is 17.8 Å². The lowest BCUT2D eigenvalue weighted by Crippen LogP contribution is -2.39. The van der Waals surface area contributed by atoms with Crippen LogP contribution in [0.1, 0.15) is 18.0 Å². The highest BCUT2D eigenvalue weighted by Crippen LogP contribution is 2.29. The Morgan fingerprint density at radius 2 is 1.77 bits per heavy atom. The van der Waals surface area contributed by atoms with Crippen molar-refractivity contribution in [3.05, 3.63) is 77.9 Å². The zero-order valence-electron chi connectivity index (χ0n) is 13.8. The van der Waals surface area contributed by atoms with Gasteiger partial charge in [0.2, 0.25) is 5.91 Å². The second-order valence-electron chi connectivity index (χ2n) is 6.32. The first-order valence-electron chi connectivity index (χ1n) is 8.36. The van der Waals surface area contributed by atoms with Crippen LogP contribution in [0, 0.1) is 11.6 Å². The number of carbonyl (C=O) groups is 1. The molecule has 1 heterocycles. The van der Waals surface area contributed by atoms with Gasteiger partial charge < -0.3 is 5.32 Å². The Morgan fingerprint density at radius 3 is 2.62 bits per heavy atom. The van der Waals surface area contributed by atoms with Gasteiger partial charge in [-0.05, 0) is 34.9 Å². The molecule has 2 atom stereocenters. The Bertz CT molecular complexity index is 971. The van der Waals surface area contributed by atoms with Gasteiger partial charge in [-0.2, -0.15) is 0 Å². The van der Waals surface area contributed by atoms with Crippen molar-refractivity contribution in [2.75, 3.05) is 5.32 Å². The number of hydrazine groups is 1. The zero-order valence-corrected chi connectivity index (χ0v) is 13.8. The molecular weight excluding hydrogens is 336 g/mol. The number of amides is 1. The lowest BCUT2D eigenvalue weighted by atomic mass is 9.96. The minimum atomic E-state index is -0.992. The summed E-state index contributed by atoms with van der Waals surface area (Å²) in [6, 6.07) is 17.0. The van der Waals surface area contributed by atoms with E-state index in [1.165, 1.54) is 6.07 Å². The normalized spacial score (nSPS) is 19.6. The second kappa shape index (κ2) is 6.82. The number of halogens is 2. The first-order valence-corrected chi connectivity index (χ1v) is 8.36. The van der Waals surface area contributed by atoms with Crippen molar-refractivity contribution in [1.82, 2.24) is 10.9 Å². The van der Waals surface area contributed by atoms with Crippen molar-refractivity contribution in [2.45, 2.75) is 18.5 Å². The summed E-state index contributed by atoms with van der Waals surface area (Å²) in [5, 5.41) is 4.89. The number of rotatable bonds is 3. The van der Waals surface area contributed by atoms with Gasteiger partial charge in [-0.1, -0.05) is 42.5 Å². The van der Waals surface area contributed by atoms with Crippen LogP contribution >= 0.6 is 0 Å². The molecule has 1 amide bonds. The van der Waals surface area contributed by atoms with Gasteiger partial charge in [0.25, 0.3) is 0 Å². The number of carbonyl (C=O) groups excluding carboxylic acids is 1. The third-order valence-electron chi connectivity index (χ3n) is 4.61. The van der Waals surface area contributed by atoms with Crippen LogP contribution in [0.2, 0.25) is 0 Å². The molecule has 4 rings (SSSR count). The van der Waals surface area contributed by atoms with Crippen LogP contribution in [0.4, 0.5) is 14.5 Å². The van der Waals surface area contributed by atoms with Crippen molar-refractivity contribution >= 4 is 22.4 Å². The summed E-state index contributed by atoms with van der Waals surface area (Å²) in [6.45, 7) is 0. The number of hydrogen-bond donors (Lipinski definition) is 3. The first kappa shape index (κ1) is 16.6. The van der Waals surface area contributed by atoms with Crippen LogP contribution in [0.15, 0.2) is 60.7 Å². The van der Waals surface area contributed by atoms with E-state index in [4.69, 9.17) is 0 Å². The van der Waals surface area contributed by atoms with Crippen LogP contribution in [0.25, 0.3) is 10.8 Å². The maximum atomic E-state index is 13.3. The molecule has 1 saturated heterocycles. The van der Waals surface area contributed by atoms with E-state index < -0.39 is 17.7 Å². The fourth-order valence-corrected chi connectivity index (χ4v) is 3.29. The predicted octanol–water partition coefficient (Wildman–Crippen LogP) is 3.66. The van der Waals surface area contributed by atoms with Crippen molar-refractivity contribution < 1.29 is 13.6 Å². The molecule has 4 nitrogen and oxygen atoms in total. The molecule has 6 heteroatoms. The topological polar surface area (TPSA) is 53.2 Å². The summed E-state index contributed by atoms with van der Waals surface area (Å²) in [5.41, 5.74) is 7.48. The number of fused-ring (bicyclic) bond motifs is 1. The molecular formula is C20H17F2N3O. The third-order valence-corrected chi connectivity index (χ3v) is 4.61. The summed E-state index contributed by atoms with van der Waals surface area (Å²) in [5.74, 6) is -2.24. The van der Waals surface area contributed by atoms with E-state index in [1.54, 1.807) is 0 Å². The van der Waals surface area contributed by atoms with Gasteiger partial charge in [-0.15, -0.1) is 0 Å². The van der Waals surface area contributed by atoms with Crippen LogP contribution in [-0.4, -0.2) is 11.9 Å². The average Bonchev–Trinajstić information content (AvgIpc) is 3.14. The third kappa shape index (κ3) is 3.16. The number of hydrogen-bond acceptors (Lipinski definition) is 3. The lowest BCUT2D eigenvalue weighted by molar-refractivity contribution is -0.117. The summed E-state index contributed by atoms with van der Waals surface area (Å²) in [4.78, 5) is 12.4. The van der Waals surface area contributed by atoms with E-state index in [2.05, 4.69) is 34.4 Å². The molecule has 1 aliphatic rings. The molecule has 0 saturated carbocycles. The monoisotopic (exact) mass is 353 g/mol. The van der Waals surface area contributed by atoms with E-state index in [9.17, 15) is 13.6 Å².